The van der Waals surface area contributed by atoms with Gasteiger partial charge in [0.2, 0.25) is 5.91 Å². The molecular weight excluding hydrogens is 418 g/mol. The average Bonchev–Trinajstić information content (AvgIpc) is 2.86. The van der Waals surface area contributed by atoms with E-state index < -0.39 is 5.60 Å². The maximum Gasteiger partial charge on any atom is 0.279 e. The predicted molar refractivity (Wildman–Crippen MR) is 125 cm³/mol. The lowest BCUT2D eigenvalue weighted by molar-refractivity contribution is -0.141. The van der Waals surface area contributed by atoms with Crippen molar-refractivity contribution in [2.75, 3.05) is 26.2 Å². The number of hydrogen-bond acceptors (Lipinski definition) is 6. The van der Waals surface area contributed by atoms with Crippen molar-refractivity contribution in [1.82, 2.24) is 24.8 Å². The van der Waals surface area contributed by atoms with E-state index in [0.717, 1.165) is 19.5 Å². The van der Waals surface area contributed by atoms with Gasteiger partial charge < -0.3 is 15.3 Å². The first-order valence-corrected chi connectivity index (χ1v) is 11.6. The highest BCUT2D eigenvalue weighted by Gasteiger charge is 2.39. The maximum absolute atomic E-state index is 13.4. The van der Waals surface area contributed by atoms with E-state index in [-0.39, 0.29) is 29.8 Å². The molecule has 2 fully saturated rings. The van der Waals surface area contributed by atoms with Crippen molar-refractivity contribution in [2.24, 2.45) is 5.92 Å². The van der Waals surface area contributed by atoms with E-state index in [4.69, 9.17) is 0 Å². The Labute approximate surface area is 192 Å². The predicted octanol–water partition coefficient (Wildman–Crippen LogP) is 1.54. The zero-order valence-electron chi connectivity index (χ0n) is 18.6. The fourth-order valence-electron chi connectivity index (χ4n) is 5.16. The van der Waals surface area contributed by atoms with Crippen molar-refractivity contribution in [3.05, 3.63) is 70.9 Å². The van der Waals surface area contributed by atoms with Gasteiger partial charge in [-0.15, -0.1) is 0 Å². The van der Waals surface area contributed by atoms with Crippen LogP contribution in [0, 0.1) is 5.92 Å². The number of fused-ring (bicyclic) bond motifs is 1. The summed E-state index contributed by atoms with van der Waals surface area (Å²) in [6, 6.07) is 13.7. The van der Waals surface area contributed by atoms with E-state index in [0.29, 0.717) is 37.0 Å². The van der Waals surface area contributed by atoms with E-state index >= 15 is 0 Å². The molecule has 0 bridgehead atoms. The number of aliphatic hydroxyl groups is 1. The zero-order valence-corrected chi connectivity index (χ0v) is 18.6. The van der Waals surface area contributed by atoms with Crippen LogP contribution in [0.25, 0.3) is 11.0 Å². The van der Waals surface area contributed by atoms with E-state index in [2.05, 4.69) is 27.4 Å². The number of aromatic nitrogens is 3. The van der Waals surface area contributed by atoms with Crippen molar-refractivity contribution >= 4 is 16.9 Å². The summed E-state index contributed by atoms with van der Waals surface area (Å²) in [5.74, 6) is 0.266. The molecule has 1 aromatic carbocycles. The van der Waals surface area contributed by atoms with Crippen LogP contribution in [0.4, 0.5) is 0 Å². The third-order valence-electron chi connectivity index (χ3n) is 7.08. The first-order valence-electron chi connectivity index (χ1n) is 11.6. The van der Waals surface area contributed by atoms with Crippen molar-refractivity contribution in [3.63, 3.8) is 0 Å². The number of rotatable bonds is 4. The van der Waals surface area contributed by atoms with Crippen LogP contribution in [0.5, 0.6) is 0 Å². The summed E-state index contributed by atoms with van der Waals surface area (Å²) in [5, 5.41) is 14.6. The molecule has 8 heteroatoms. The van der Waals surface area contributed by atoms with Gasteiger partial charge in [0.25, 0.3) is 5.56 Å². The molecule has 0 radical (unpaired) electrons. The van der Waals surface area contributed by atoms with Gasteiger partial charge in [-0.3, -0.25) is 14.2 Å². The molecule has 3 aromatic rings. The molecule has 2 saturated heterocycles. The zero-order chi connectivity index (χ0) is 22.8. The van der Waals surface area contributed by atoms with Crippen LogP contribution in [-0.2, 0) is 11.3 Å². The van der Waals surface area contributed by atoms with Crippen LogP contribution in [-0.4, -0.2) is 62.2 Å². The minimum Gasteiger partial charge on any atom is -0.388 e. The quantitative estimate of drug-likeness (QED) is 0.629. The first kappa shape index (κ1) is 21.7. The Balaban J connectivity index is 1.27. The fraction of sp³-hybridized carbons (Fsp3) is 0.440. The van der Waals surface area contributed by atoms with Crippen molar-refractivity contribution in [2.45, 2.75) is 37.3 Å². The second kappa shape index (κ2) is 9.03. The van der Waals surface area contributed by atoms with Crippen molar-refractivity contribution in [3.8, 4) is 0 Å². The number of carbonyl (C=O) groups is 1. The number of nitrogens with zero attached hydrogens (tertiary/aromatic N) is 4. The second-order valence-electron chi connectivity index (χ2n) is 9.21. The molecular formula is C25H29N5O3. The molecule has 33 heavy (non-hydrogen) atoms. The Bertz CT molecular complexity index is 1190. The van der Waals surface area contributed by atoms with Gasteiger partial charge in [0.1, 0.15) is 0 Å². The Morgan fingerprint density at radius 3 is 2.70 bits per heavy atom. The van der Waals surface area contributed by atoms with Gasteiger partial charge >= 0.3 is 0 Å². The lowest BCUT2D eigenvalue weighted by atomic mass is 9.80. The summed E-state index contributed by atoms with van der Waals surface area (Å²) < 4.78 is 1.44. The number of carbonyl (C=O) groups excluding carboxylic acids is 1. The molecule has 0 spiro atoms. The Morgan fingerprint density at radius 2 is 1.91 bits per heavy atom. The monoisotopic (exact) mass is 447 g/mol. The molecule has 1 amide bonds. The largest absolute Gasteiger partial charge is 0.388 e. The Morgan fingerprint density at radius 1 is 1.12 bits per heavy atom. The van der Waals surface area contributed by atoms with Crippen LogP contribution in [0.15, 0.2) is 59.8 Å². The third kappa shape index (κ3) is 4.41. The molecule has 172 valence electrons. The Hall–Kier alpha value is -3.10. The summed E-state index contributed by atoms with van der Waals surface area (Å²) in [4.78, 5) is 36.6. The van der Waals surface area contributed by atoms with Crippen LogP contribution >= 0.6 is 0 Å². The lowest BCUT2D eigenvalue weighted by Crippen LogP contribution is -2.52. The van der Waals surface area contributed by atoms with Crippen LogP contribution in [0.1, 0.15) is 30.7 Å². The normalized spacial score (nSPS) is 22.9. The maximum atomic E-state index is 13.4. The molecule has 2 aliphatic rings. The summed E-state index contributed by atoms with van der Waals surface area (Å²) in [6.07, 6.45) is 4.70. The highest BCUT2D eigenvalue weighted by molar-refractivity contribution is 5.80. The van der Waals surface area contributed by atoms with Gasteiger partial charge in [-0.05, 0) is 43.5 Å². The smallest absolute Gasteiger partial charge is 0.279 e. The molecule has 2 atom stereocenters. The highest BCUT2D eigenvalue weighted by atomic mass is 16.3. The summed E-state index contributed by atoms with van der Waals surface area (Å²) in [6.45, 7) is 2.74. The van der Waals surface area contributed by atoms with E-state index in [1.807, 2.05) is 23.1 Å². The molecule has 2 aliphatic heterocycles. The van der Waals surface area contributed by atoms with Gasteiger partial charge in [0.05, 0.1) is 24.0 Å². The van der Waals surface area contributed by atoms with Crippen molar-refractivity contribution < 1.29 is 9.90 Å². The minimum absolute atomic E-state index is 0.0572. The molecule has 2 aromatic heterocycles. The van der Waals surface area contributed by atoms with E-state index in [1.54, 1.807) is 18.3 Å². The van der Waals surface area contributed by atoms with Crippen LogP contribution in [0.2, 0.25) is 0 Å². The number of hydrogen-bond donors (Lipinski definition) is 2. The number of amides is 1. The molecule has 4 heterocycles. The standard InChI is InChI=1S/C25H29N5O3/c31-23(19-8-12-26-15-20(19)18-5-2-1-3-6-18)29-13-9-25(33,10-14-29)16-30-17-28-21-7-4-11-27-22(21)24(30)32/h1-7,11,17,19-20,26,33H,8-10,12-16H2/t19-,20+/m1/s1. The fourth-order valence-corrected chi connectivity index (χ4v) is 5.16. The number of piperidine rings is 2. The van der Waals surface area contributed by atoms with E-state index in [9.17, 15) is 14.7 Å². The van der Waals surface area contributed by atoms with Gasteiger partial charge in [-0.25, -0.2) is 9.97 Å². The lowest BCUT2D eigenvalue weighted by Gasteiger charge is -2.41. The van der Waals surface area contributed by atoms with Gasteiger partial charge in [-0.1, -0.05) is 30.3 Å². The number of nitrogens with one attached hydrogen (secondary N) is 1. The first-order chi connectivity index (χ1) is 16.0. The van der Waals surface area contributed by atoms with Crippen LogP contribution < -0.4 is 10.9 Å². The van der Waals surface area contributed by atoms with Crippen molar-refractivity contribution in [1.29, 1.82) is 0 Å². The molecule has 0 unspecified atom stereocenters. The topological polar surface area (TPSA) is 100 Å². The highest BCUT2D eigenvalue weighted by Crippen LogP contribution is 2.33. The molecule has 8 nitrogen and oxygen atoms in total. The van der Waals surface area contributed by atoms with Crippen LogP contribution in [0.3, 0.4) is 0 Å². The number of likely N-dealkylation sites (tertiary alicyclic amines) is 1. The van der Waals surface area contributed by atoms with E-state index in [1.165, 1.54) is 16.5 Å². The average molecular weight is 448 g/mol. The SMILES string of the molecule is O=C([C@@H]1CCNC[C@H]1c1ccccc1)N1CCC(O)(Cn2cnc3cccnc3c2=O)CC1. The second-order valence-corrected chi connectivity index (χ2v) is 9.21. The summed E-state index contributed by atoms with van der Waals surface area (Å²) in [5.41, 5.74) is 0.717. The minimum atomic E-state index is -1.06. The van der Waals surface area contributed by atoms with Gasteiger partial charge in [-0.2, -0.15) is 0 Å². The Kier molecular flexibility index (Phi) is 5.95. The molecule has 0 aliphatic carbocycles. The molecule has 2 N–H and O–H groups in total. The summed E-state index contributed by atoms with van der Waals surface area (Å²) in [7, 11) is 0. The number of benzene rings is 1. The third-order valence-corrected chi connectivity index (χ3v) is 7.08. The molecule has 5 rings (SSSR count). The summed E-state index contributed by atoms with van der Waals surface area (Å²) >= 11 is 0. The number of pyridine rings is 1. The van der Waals surface area contributed by atoms with Gasteiger partial charge in [0, 0.05) is 37.7 Å². The van der Waals surface area contributed by atoms with Gasteiger partial charge in [0.15, 0.2) is 5.52 Å². The molecule has 0 saturated carbocycles.